The molecule has 0 saturated carbocycles. The van der Waals surface area contributed by atoms with Crippen LogP contribution in [0.15, 0.2) is 12.1 Å². The fraction of sp³-hybridized carbons (Fsp3) is 0.364. The predicted molar refractivity (Wildman–Crippen MR) is 76.1 cm³/mol. The number of carboxylic acids is 1. The summed E-state index contributed by atoms with van der Waals surface area (Å²) < 4.78 is 0. The second-order valence-corrected chi connectivity index (χ2v) is 5.41. The molecule has 0 aliphatic carbocycles. The highest BCUT2D eigenvalue weighted by atomic mass is 35.5. The summed E-state index contributed by atoms with van der Waals surface area (Å²) in [5, 5.41) is 11.6. The number of pyridine rings is 1. The lowest BCUT2D eigenvalue weighted by Crippen LogP contribution is -2.41. The molecule has 0 aromatic carbocycles. The zero-order valence-corrected chi connectivity index (χ0v) is 12.3. The molecule has 1 atom stereocenters. The molecular formula is C11H12Cl2N2O3S. The van der Waals surface area contributed by atoms with Gasteiger partial charge in [0.05, 0.1) is 0 Å². The third-order valence-electron chi connectivity index (χ3n) is 2.24. The van der Waals surface area contributed by atoms with E-state index in [1.165, 1.54) is 23.9 Å². The van der Waals surface area contributed by atoms with Crippen LogP contribution in [0.1, 0.15) is 16.8 Å². The fourth-order valence-electron chi connectivity index (χ4n) is 1.33. The van der Waals surface area contributed by atoms with E-state index in [2.05, 4.69) is 10.3 Å². The molecule has 1 aromatic heterocycles. The maximum absolute atomic E-state index is 11.9. The van der Waals surface area contributed by atoms with Crippen LogP contribution in [-0.4, -0.2) is 40.0 Å². The molecular weight excluding hydrogens is 311 g/mol. The zero-order chi connectivity index (χ0) is 14.4. The molecule has 8 heteroatoms. The van der Waals surface area contributed by atoms with Gasteiger partial charge in [-0.3, -0.25) is 4.79 Å². The molecule has 2 N–H and O–H groups in total. The molecule has 1 rings (SSSR count). The van der Waals surface area contributed by atoms with Crippen molar-refractivity contribution in [2.75, 3.05) is 12.0 Å². The second kappa shape index (κ2) is 7.57. The molecule has 0 spiro atoms. The number of carbonyl (C=O) groups excluding carboxylic acids is 1. The summed E-state index contributed by atoms with van der Waals surface area (Å²) in [5.41, 5.74) is 0.181. The molecule has 0 aliphatic rings. The van der Waals surface area contributed by atoms with Gasteiger partial charge in [-0.05, 0) is 30.6 Å². The number of carboxylic acid groups (broad SMARTS) is 1. The lowest BCUT2D eigenvalue weighted by Gasteiger charge is -2.14. The van der Waals surface area contributed by atoms with Crippen molar-refractivity contribution in [3.8, 4) is 0 Å². The minimum absolute atomic E-state index is 0.0774. The summed E-state index contributed by atoms with van der Waals surface area (Å²) in [5.74, 6) is -0.983. The van der Waals surface area contributed by atoms with E-state index < -0.39 is 17.9 Å². The fourth-order valence-corrected chi connectivity index (χ4v) is 2.26. The molecule has 104 valence electrons. The lowest BCUT2D eigenvalue weighted by atomic mass is 10.2. The van der Waals surface area contributed by atoms with Gasteiger partial charge in [0.1, 0.15) is 16.3 Å². The number of rotatable bonds is 6. The molecule has 1 aromatic rings. The number of nitrogens with one attached hydrogen (secondary N) is 1. The standard InChI is InChI=1S/C11H12Cl2N2O3S/c1-19-3-2-7(11(17)18)14-10(16)6-4-8(12)15-9(13)5-6/h4-5,7H,2-3H2,1H3,(H,14,16)(H,17,18)/t7-/m0/s1. The Morgan fingerprint density at radius 3 is 2.47 bits per heavy atom. The molecule has 0 unspecified atom stereocenters. The Morgan fingerprint density at radius 1 is 1.42 bits per heavy atom. The van der Waals surface area contributed by atoms with Gasteiger partial charge in [-0.25, -0.2) is 9.78 Å². The van der Waals surface area contributed by atoms with Crippen LogP contribution in [-0.2, 0) is 4.79 Å². The van der Waals surface area contributed by atoms with Crippen LogP contribution in [0.25, 0.3) is 0 Å². The number of thioether (sulfide) groups is 1. The average molecular weight is 323 g/mol. The first-order valence-corrected chi connectivity index (χ1v) is 7.44. The monoisotopic (exact) mass is 322 g/mol. The van der Waals surface area contributed by atoms with Crippen molar-refractivity contribution < 1.29 is 14.7 Å². The number of aliphatic carboxylic acids is 1. The molecule has 0 fully saturated rings. The van der Waals surface area contributed by atoms with Crippen molar-refractivity contribution >= 4 is 46.8 Å². The SMILES string of the molecule is CSCC[C@H](NC(=O)c1cc(Cl)nc(Cl)c1)C(=O)O. The zero-order valence-electron chi connectivity index (χ0n) is 10.0. The average Bonchev–Trinajstić information content (AvgIpc) is 2.32. The lowest BCUT2D eigenvalue weighted by molar-refractivity contribution is -0.139. The van der Waals surface area contributed by atoms with Crippen LogP contribution in [0.2, 0.25) is 10.3 Å². The Hall–Kier alpha value is -0.980. The highest BCUT2D eigenvalue weighted by Crippen LogP contribution is 2.15. The van der Waals surface area contributed by atoms with Crippen LogP contribution < -0.4 is 5.32 Å². The van der Waals surface area contributed by atoms with Crippen molar-refractivity contribution in [1.82, 2.24) is 10.3 Å². The Labute approximate surface area is 124 Å². The van der Waals surface area contributed by atoms with Gasteiger partial charge in [0.2, 0.25) is 0 Å². The highest BCUT2D eigenvalue weighted by molar-refractivity contribution is 7.98. The summed E-state index contributed by atoms with van der Waals surface area (Å²) in [4.78, 5) is 26.6. The largest absolute Gasteiger partial charge is 0.480 e. The van der Waals surface area contributed by atoms with Gasteiger partial charge in [0.25, 0.3) is 5.91 Å². The first-order valence-electron chi connectivity index (χ1n) is 5.29. The quantitative estimate of drug-likeness (QED) is 0.786. The van der Waals surface area contributed by atoms with Crippen LogP contribution in [0.4, 0.5) is 0 Å². The number of carbonyl (C=O) groups is 2. The number of hydrogen-bond acceptors (Lipinski definition) is 4. The Balaban J connectivity index is 2.78. The summed E-state index contributed by atoms with van der Waals surface area (Å²) in [7, 11) is 0. The maximum Gasteiger partial charge on any atom is 0.326 e. The molecule has 0 saturated heterocycles. The topological polar surface area (TPSA) is 79.3 Å². The van der Waals surface area contributed by atoms with Crippen LogP contribution in [0, 0.1) is 0 Å². The minimum Gasteiger partial charge on any atom is -0.480 e. The summed E-state index contributed by atoms with van der Waals surface area (Å²) in [6.45, 7) is 0. The summed E-state index contributed by atoms with van der Waals surface area (Å²) in [6.07, 6.45) is 2.21. The number of hydrogen-bond donors (Lipinski definition) is 2. The van der Waals surface area contributed by atoms with Crippen molar-refractivity contribution in [3.05, 3.63) is 28.0 Å². The molecule has 5 nitrogen and oxygen atoms in total. The smallest absolute Gasteiger partial charge is 0.326 e. The van der Waals surface area contributed by atoms with E-state index in [4.69, 9.17) is 28.3 Å². The van der Waals surface area contributed by atoms with Crippen molar-refractivity contribution in [2.24, 2.45) is 0 Å². The van der Waals surface area contributed by atoms with Gasteiger partial charge in [-0.1, -0.05) is 23.2 Å². The van der Waals surface area contributed by atoms with E-state index in [9.17, 15) is 9.59 Å². The van der Waals surface area contributed by atoms with E-state index in [0.29, 0.717) is 12.2 Å². The highest BCUT2D eigenvalue weighted by Gasteiger charge is 2.20. The number of nitrogens with zero attached hydrogens (tertiary/aromatic N) is 1. The number of amides is 1. The third-order valence-corrected chi connectivity index (χ3v) is 3.27. The first-order chi connectivity index (χ1) is 8.93. The van der Waals surface area contributed by atoms with Gasteiger partial charge in [-0.15, -0.1) is 0 Å². The van der Waals surface area contributed by atoms with E-state index >= 15 is 0 Å². The molecule has 19 heavy (non-hydrogen) atoms. The van der Waals surface area contributed by atoms with Crippen molar-refractivity contribution in [3.63, 3.8) is 0 Å². The Kier molecular flexibility index (Phi) is 6.41. The molecule has 1 heterocycles. The van der Waals surface area contributed by atoms with Gasteiger partial charge in [0.15, 0.2) is 0 Å². The third kappa shape index (κ3) is 5.26. The van der Waals surface area contributed by atoms with E-state index in [1.54, 1.807) is 0 Å². The Bertz CT molecular complexity index is 465. The van der Waals surface area contributed by atoms with Crippen molar-refractivity contribution in [1.29, 1.82) is 0 Å². The van der Waals surface area contributed by atoms with E-state index in [0.717, 1.165) is 0 Å². The van der Waals surface area contributed by atoms with E-state index in [1.807, 2.05) is 6.26 Å². The van der Waals surface area contributed by atoms with Crippen LogP contribution in [0.3, 0.4) is 0 Å². The number of halogens is 2. The molecule has 0 aliphatic heterocycles. The minimum atomic E-state index is -1.08. The van der Waals surface area contributed by atoms with Gasteiger partial charge >= 0.3 is 5.97 Å². The van der Waals surface area contributed by atoms with Gasteiger partial charge < -0.3 is 10.4 Å². The summed E-state index contributed by atoms with van der Waals surface area (Å²) in [6, 6.07) is 1.72. The maximum atomic E-state index is 11.9. The van der Waals surface area contributed by atoms with Crippen LogP contribution in [0.5, 0.6) is 0 Å². The molecule has 0 bridgehead atoms. The Morgan fingerprint density at radius 2 is 2.00 bits per heavy atom. The second-order valence-electron chi connectivity index (χ2n) is 3.65. The predicted octanol–water partition coefficient (Wildman–Crippen LogP) is 2.32. The normalized spacial score (nSPS) is 11.9. The van der Waals surface area contributed by atoms with Crippen molar-refractivity contribution in [2.45, 2.75) is 12.5 Å². The van der Waals surface area contributed by atoms with Gasteiger partial charge in [0, 0.05) is 5.56 Å². The molecule has 0 radical (unpaired) electrons. The summed E-state index contributed by atoms with van der Waals surface area (Å²) >= 11 is 12.9. The molecule has 1 amide bonds. The van der Waals surface area contributed by atoms with Crippen LogP contribution >= 0.6 is 35.0 Å². The van der Waals surface area contributed by atoms with E-state index in [-0.39, 0.29) is 15.9 Å². The van der Waals surface area contributed by atoms with Gasteiger partial charge in [-0.2, -0.15) is 11.8 Å². The first kappa shape index (κ1) is 16.1. The number of aromatic nitrogens is 1.